The summed E-state index contributed by atoms with van der Waals surface area (Å²) in [6.45, 7) is 0. The maximum absolute atomic E-state index is 12.0. The number of hydrogen-bond acceptors (Lipinski definition) is 2. The van der Waals surface area contributed by atoms with Crippen LogP contribution >= 0.6 is 11.8 Å². The van der Waals surface area contributed by atoms with Gasteiger partial charge in [-0.3, -0.25) is 4.79 Å². The highest BCUT2D eigenvalue weighted by atomic mass is 32.2. The average molecular weight is 289 g/mol. The Hall–Kier alpha value is -0.960. The van der Waals surface area contributed by atoms with Gasteiger partial charge in [0.05, 0.1) is 0 Å². The monoisotopic (exact) mass is 289 g/mol. The lowest BCUT2D eigenvalue weighted by Crippen LogP contribution is -2.38. The van der Waals surface area contributed by atoms with Crippen molar-refractivity contribution < 1.29 is 4.79 Å². The Balaban J connectivity index is 1.32. The lowest BCUT2D eigenvalue weighted by Gasteiger charge is -2.22. The van der Waals surface area contributed by atoms with Gasteiger partial charge in [-0.25, -0.2) is 0 Å². The van der Waals surface area contributed by atoms with E-state index < -0.39 is 0 Å². The van der Waals surface area contributed by atoms with Gasteiger partial charge in [-0.2, -0.15) is 11.8 Å². The van der Waals surface area contributed by atoms with Crippen LogP contribution < -0.4 is 5.32 Å². The molecular weight excluding hydrogens is 266 g/mol. The number of benzene rings is 1. The van der Waals surface area contributed by atoms with Crippen LogP contribution in [0.15, 0.2) is 30.3 Å². The number of carbonyl (C=O) groups is 1. The first-order valence-corrected chi connectivity index (χ1v) is 8.88. The minimum atomic E-state index is 0.253. The number of nitrogens with one attached hydrogen (secondary N) is 1. The van der Waals surface area contributed by atoms with E-state index in [0.29, 0.717) is 12.5 Å². The molecule has 3 rings (SSSR count). The third kappa shape index (κ3) is 3.57. The molecule has 3 heteroatoms. The number of fused-ring (bicyclic) bond motifs is 2. The van der Waals surface area contributed by atoms with Crippen molar-refractivity contribution in [2.75, 3.05) is 5.75 Å². The van der Waals surface area contributed by atoms with E-state index >= 15 is 0 Å². The van der Waals surface area contributed by atoms with Crippen LogP contribution in [-0.2, 0) is 10.5 Å². The van der Waals surface area contributed by atoms with Gasteiger partial charge in [-0.15, -0.1) is 0 Å². The van der Waals surface area contributed by atoms with Crippen molar-refractivity contribution in [1.29, 1.82) is 0 Å². The first-order valence-electron chi connectivity index (χ1n) is 7.72. The van der Waals surface area contributed by atoms with E-state index in [1.165, 1.54) is 31.2 Å². The molecule has 2 aliphatic carbocycles. The number of rotatable bonds is 6. The summed E-state index contributed by atoms with van der Waals surface area (Å²) in [5, 5.41) is 3.26. The van der Waals surface area contributed by atoms with E-state index in [1.807, 2.05) is 17.8 Å². The molecule has 3 atom stereocenters. The molecule has 1 aromatic rings. The average Bonchev–Trinajstić information content (AvgIpc) is 3.07. The Morgan fingerprint density at radius 2 is 2.05 bits per heavy atom. The number of hydrogen-bond donors (Lipinski definition) is 1. The van der Waals surface area contributed by atoms with Gasteiger partial charge in [0, 0.05) is 24.0 Å². The second-order valence-electron chi connectivity index (χ2n) is 6.14. The summed E-state index contributed by atoms with van der Waals surface area (Å²) < 4.78 is 0. The zero-order chi connectivity index (χ0) is 13.8. The van der Waals surface area contributed by atoms with E-state index in [0.717, 1.165) is 23.3 Å². The van der Waals surface area contributed by atoms with Crippen LogP contribution in [-0.4, -0.2) is 17.7 Å². The van der Waals surface area contributed by atoms with Crippen LogP contribution in [0.2, 0.25) is 0 Å². The van der Waals surface area contributed by atoms with Crippen molar-refractivity contribution in [2.45, 2.75) is 43.9 Å². The molecule has 108 valence electrons. The molecule has 2 nitrogen and oxygen atoms in total. The maximum atomic E-state index is 12.0. The summed E-state index contributed by atoms with van der Waals surface area (Å²) in [6, 6.07) is 10.9. The predicted molar refractivity (Wildman–Crippen MR) is 84.6 cm³/mol. The van der Waals surface area contributed by atoms with Gasteiger partial charge in [0.15, 0.2) is 0 Å². The van der Waals surface area contributed by atoms with Crippen molar-refractivity contribution >= 4 is 17.7 Å². The molecule has 1 N–H and O–H groups in total. The van der Waals surface area contributed by atoms with Crippen molar-refractivity contribution in [2.24, 2.45) is 11.8 Å². The standard InChI is InChI=1S/C17H23NOS/c19-17(18-16-11-14-6-7-15(16)10-14)8-9-20-12-13-4-2-1-3-5-13/h1-5,14-16H,6-12H2,(H,18,19)/t14-,15-,16-/m0/s1. The summed E-state index contributed by atoms with van der Waals surface area (Å²) in [5.41, 5.74) is 1.34. The summed E-state index contributed by atoms with van der Waals surface area (Å²) in [7, 11) is 0. The lowest BCUT2D eigenvalue weighted by molar-refractivity contribution is -0.121. The Morgan fingerprint density at radius 1 is 1.20 bits per heavy atom. The smallest absolute Gasteiger partial charge is 0.221 e. The highest BCUT2D eigenvalue weighted by molar-refractivity contribution is 7.98. The molecule has 2 saturated carbocycles. The van der Waals surface area contributed by atoms with Crippen LogP contribution in [0.25, 0.3) is 0 Å². The van der Waals surface area contributed by atoms with Gasteiger partial charge < -0.3 is 5.32 Å². The topological polar surface area (TPSA) is 29.1 Å². The Bertz CT molecular complexity index is 448. The molecule has 20 heavy (non-hydrogen) atoms. The van der Waals surface area contributed by atoms with Crippen LogP contribution in [0.3, 0.4) is 0 Å². The SMILES string of the molecule is O=C(CCSCc1ccccc1)N[C@H]1C[C@H]2CC[C@H]1C2. The fourth-order valence-electron chi connectivity index (χ4n) is 3.63. The first-order chi connectivity index (χ1) is 9.81. The molecular formula is C17H23NOS. The molecule has 2 fully saturated rings. The van der Waals surface area contributed by atoms with E-state index in [1.54, 1.807) is 0 Å². The molecule has 0 radical (unpaired) electrons. The maximum Gasteiger partial charge on any atom is 0.221 e. The molecule has 2 aliphatic rings. The fourth-order valence-corrected chi connectivity index (χ4v) is 4.53. The molecule has 1 amide bonds. The molecule has 1 aromatic carbocycles. The largest absolute Gasteiger partial charge is 0.353 e. The minimum Gasteiger partial charge on any atom is -0.353 e. The highest BCUT2D eigenvalue weighted by Crippen LogP contribution is 2.44. The van der Waals surface area contributed by atoms with E-state index in [9.17, 15) is 4.79 Å². The summed E-state index contributed by atoms with van der Waals surface area (Å²) >= 11 is 1.85. The van der Waals surface area contributed by atoms with E-state index in [4.69, 9.17) is 0 Å². The Kier molecular flexibility index (Phi) is 4.66. The van der Waals surface area contributed by atoms with Crippen molar-refractivity contribution in [1.82, 2.24) is 5.32 Å². The molecule has 0 heterocycles. The number of carbonyl (C=O) groups excluding carboxylic acids is 1. The van der Waals surface area contributed by atoms with Gasteiger partial charge in [-0.05, 0) is 36.7 Å². The first kappa shape index (κ1) is 14.0. The second-order valence-corrected chi connectivity index (χ2v) is 7.24. The van der Waals surface area contributed by atoms with Gasteiger partial charge in [0.2, 0.25) is 5.91 Å². The van der Waals surface area contributed by atoms with Crippen molar-refractivity contribution in [3.8, 4) is 0 Å². The van der Waals surface area contributed by atoms with Crippen LogP contribution in [0, 0.1) is 11.8 Å². The zero-order valence-electron chi connectivity index (χ0n) is 11.9. The zero-order valence-corrected chi connectivity index (χ0v) is 12.7. The summed E-state index contributed by atoms with van der Waals surface area (Å²) in [6.07, 6.45) is 5.97. The Labute approximate surface area is 125 Å². The summed E-state index contributed by atoms with van der Waals surface area (Å²) in [5.74, 6) is 3.85. The normalized spacial score (nSPS) is 27.7. The summed E-state index contributed by atoms with van der Waals surface area (Å²) in [4.78, 5) is 12.0. The van der Waals surface area contributed by atoms with Crippen LogP contribution in [0.5, 0.6) is 0 Å². The van der Waals surface area contributed by atoms with Gasteiger partial charge in [0.1, 0.15) is 0 Å². The number of thioether (sulfide) groups is 1. The number of amides is 1. The van der Waals surface area contributed by atoms with Crippen molar-refractivity contribution in [3.63, 3.8) is 0 Å². The molecule has 0 aliphatic heterocycles. The molecule has 0 unspecified atom stereocenters. The third-order valence-corrected chi connectivity index (χ3v) is 5.70. The predicted octanol–water partition coefficient (Wildman–Crippen LogP) is 3.61. The molecule has 0 spiro atoms. The molecule has 2 bridgehead atoms. The van der Waals surface area contributed by atoms with Gasteiger partial charge in [-0.1, -0.05) is 36.8 Å². The van der Waals surface area contributed by atoms with E-state index in [-0.39, 0.29) is 5.91 Å². The molecule has 0 saturated heterocycles. The van der Waals surface area contributed by atoms with Crippen molar-refractivity contribution in [3.05, 3.63) is 35.9 Å². The van der Waals surface area contributed by atoms with Gasteiger partial charge in [0.25, 0.3) is 0 Å². The quantitative estimate of drug-likeness (QED) is 0.811. The highest BCUT2D eigenvalue weighted by Gasteiger charge is 2.39. The fraction of sp³-hybridized carbons (Fsp3) is 0.588. The minimum absolute atomic E-state index is 0.253. The lowest BCUT2D eigenvalue weighted by atomic mass is 9.95. The van der Waals surface area contributed by atoms with Crippen LogP contribution in [0.1, 0.15) is 37.7 Å². The third-order valence-electron chi connectivity index (χ3n) is 4.67. The molecule has 0 aromatic heterocycles. The van der Waals surface area contributed by atoms with E-state index in [2.05, 4.69) is 29.6 Å². The Morgan fingerprint density at radius 3 is 2.75 bits per heavy atom. The van der Waals surface area contributed by atoms with Gasteiger partial charge >= 0.3 is 0 Å². The second kappa shape index (κ2) is 6.66. The van der Waals surface area contributed by atoms with Crippen LogP contribution in [0.4, 0.5) is 0 Å².